The fraction of sp³-hybridized carbons (Fsp3) is 0.360. The van der Waals surface area contributed by atoms with Gasteiger partial charge in [-0.1, -0.05) is 18.2 Å². The molecule has 1 aliphatic rings. The van der Waals surface area contributed by atoms with Crippen LogP contribution < -0.4 is 15.5 Å². The molecule has 0 radical (unpaired) electrons. The van der Waals surface area contributed by atoms with Crippen LogP contribution in [-0.4, -0.2) is 35.4 Å². The molecule has 3 N–H and O–H groups in total. The molecule has 3 aromatic rings. The van der Waals surface area contributed by atoms with Gasteiger partial charge in [0.15, 0.2) is 0 Å². The number of benzene rings is 2. The molecule has 9 heteroatoms. The van der Waals surface area contributed by atoms with Crippen LogP contribution in [0.25, 0.3) is 10.9 Å². The van der Waals surface area contributed by atoms with Crippen LogP contribution in [0, 0.1) is 17.1 Å². The second kappa shape index (κ2) is 9.87. The van der Waals surface area contributed by atoms with Crippen molar-refractivity contribution in [2.24, 2.45) is 0 Å². The number of hydrogen-bond acceptors (Lipinski definition) is 6. The average molecular weight is 470 g/mol. The van der Waals surface area contributed by atoms with Crippen LogP contribution in [0.5, 0.6) is 0 Å². The van der Waals surface area contributed by atoms with Crippen molar-refractivity contribution in [3.8, 4) is 6.07 Å². The van der Waals surface area contributed by atoms with Crippen molar-refractivity contribution in [1.82, 2.24) is 10.3 Å². The summed E-state index contributed by atoms with van der Waals surface area (Å²) < 4.78 is 41.1. The van der Waals surface area contributed by atoms with E-state index in [0.29, 0.717) is 23.1 Å². The summed E-state index contributed by atoms with van der Waals surface area (Å²) in [6.07, 6.45) is -1.19. The predicted octanol–water partition coefficient (Wildman–Crippen LogP) is 4.86. The molecule has 1 aromatic heterocycles. The highest BCUT2D eigenvalue weighted by Crippen LogP contribution is 2.34. The normalized spacial score (nSPS) is 17.7. The first-order chi connectivity index (χ1) is 16.3. The van der Waals surface area contributed by atoms with Crippen molar-refractivity contribution >= 4 is 22.3 Å². The van der Waals surface area contributed by atoms with Gasteiger partial charge >= 0.3 is 0 Å². The second-order valence-electron chi connectivity index (χ2n) is 8.55. The molecule has 0 amide bonds. The third-order valence-corrected chi connectivity index (χ3v) is 6.12. The lowest BCUT2D eigenvalue weighted by atomic mass is 10.0. The zero-order chi connectivity index (χ0) is 24.4. The summed E-state index contributed by atoms with van der Waals surface area (Å²) in [5.41, 5.74) is 1.77. The number of aliphatic hydroxyl groups is 1. The number of hydrogen-bond donors (Lipinski definition) is 3. The standard InChI is InChI=1S/C25H26F3N5O/c1-14(19-4-3-5-20(23(19)26)25(27)28)31-24-16(11-29)12-30-22-7-6-18(10-21(22)24)33-9-8-17(13-33)32-15(2)34/h3-7,10,12,14-15,17,25,32,34H,8-9,13H2,1-2H3,(H,30,31)/t14-,15?,17-/m1/s1. The molecule has 1 aliphatic heterocycles. The van der Waals surface area contributed by atoms with Crippen molar-refractivity contribution in [2.45, 2.75) is 45.0 Å². The molecular weight excluding hydrogens is 443 g/mol. The number of alkyl halides is 2. The third kappa shape index (κ3) is 4.79. The molecule has 0 spiro atoms. The number of nitrogens with zero attached hydrogens (tertiary/aromatic N) is 3. The highest BCUT2D eigenvalue weighted by Gasteiger charge is 2.25. The summed E-state index contributed by atoms with van der Waals surface area (Å²) in [5, 5.41) is 26.3. The molecule has 34 heavy (non-hydrogen) atoms. The number of pyridine rings is 1. The summed E-state index contributed by atoms with van der Waals surface area (Å²) in [5.74, 6) is -0.955. The van der Waals surface area contributed by atoms with Gasteiger partial charge in [-0.2, -0.15) is 5.26 Å². The first-order valence-corrected chi connectivity index (χ1v) is 11.1. The Bertz CT molecular complexity index is 1230. The number of rotatable bonds is 7. The second-order valence-corrected chi connectivity index (χ2v) is 8.55. The van der Waals surface area contributed by atoms with Gasteiger partial charge < -0.3 is 15.3 Å². The molecule has 2 aromatic carbocycles. The van der Waals surface area contributed by atoms with Crippen LogP contribution in [0.1, 0.15) is 49.4 Å². The van der Waals surface area contributed by atoms with Gasteiger partial charge in [0.05, 0.1) is 28.4 Å². The Morgan fingerprint density at radius 3 is 2.68 bits per heavy atom. The van der Waals surface area contributed by atoms with E-state index < -0.39 is 30.1 Å². The molecule has 0 saturated carbocycles. The van der Waals surface area contributed by atoms with Crippen LogP contribution >= 0.6 is 0 Å². The zero-order valence-electron chi connectivity index (χ0n) is 18.9. The van der Waals surface area contributed by atoms with Gasteiger partial charge in [-0.05, 0) is 38.5 Å². The van der Waals surface area contributed by atoms with Crippen molar-refractivity contribution in [3.05, 3.63) is 65.1 Å². The van der Waals surface area contributed by atoms with Crippen LogP contribution in [0.4, 0.5) is 24.5 Å². The maximum absolute atomic E-state index is 14.7. The van der Waals surface area contributed by atoms with Crippen molar-refractivity contribution in [3.63, 3.8) is 0 Å². The van der Waals surface area contributed by atoms with Crippen LogP contribution in [-0.2, 0) is 0 Å². The van der Waals surface area contributed by atoms with Crippen LogP contribution in [0.3, 0.4) is 0 Å². The number of halogens is 3. The predicted molar refractivity (Wildman–Crippen MR) is 125 cm³/mol. The quantitative estimate of drug-likeness (QED) is 0.429. The summed E-state index contributed by atoms with van der Waals surface area (Å²) in [6, 6.07) is 11.3. The fourth-order valence-corrected chi connectivity index (χ4v) is 4.46. The Morgan fingerprint density at radius 1 is 1.21 bits per heavy atom. The van der Waals surface area contributed by atoms with E-state index in [-0.39, 0.29) is 17.2 Å². The summed E-state index contributed by atoms with van der Waals surface area (Å²) >= 11 is 0. The molecule has 1 fully saturated rings. The Balaban J connectivity index is 1.69. The van der Waals surface area contributed by atoms with Crippen molar-refractivity contribution < 1.29 is 18.3 Å². The van der Waals surface area contributed by atoms with E-state index in [0.717, 1.165) is 24.7 Å². The third-order valence-electron chi connectivity index (χ3n) is 6.12. The number of fused-ring (bicyclic) bond motifs is 1. The molecule has 4 rings (SSSR count). The van der Waals surface area contributed by atoms with Crippen LogP contribution in [0.2, 0.25) is 0 Å². The molecule has 0 aliphatic carbocycles. The lowest BCUT2D eigenvalue weighted by Crippen LogP contribution is -2.38. The maximum Gasteiger partial charge on any atom is 0.266 e. The van der Waals surface area contributed by atoms with E-state index in [1.54, 1.807) is 13.8 Å². The smallest absolute Gasteiger partial charge is 0.266 e. The van der Waals surface area contributed by atoms with E-state index in [4.69, 9.17) is 0 Å². The number of nitrogens with one attached hydrogen (secondary N) is 2. The van der Waals surface area contributed by atoms with E-state index in [9.17, 15) is 23.5 Å². The monoisotopic (exact) mass is 469 g/mol. The van der Waals surface area contributed by atoms with Gasteiger partial charge in [0.25, 0.3) is 6.43 Å². The minimum atomic E-state index is -2.92. The molecule has 1 unspecified atom stereocenters. The Morgan fingerprint density at radius 2 is 1.97 bits per heavy atom. The molecule has 2 heterocycles. The summed E-state index contributed by atoms with van der Waals surface area (Å²) in [7, 11) is 0. The number of aromatic nitrogens is 1. The largest absolute Gasteiger partial charge is 0.379 e. The van der Waals surface area contributed by atoms with E-state index in [2.05, 4.69) is 26.6 Å². The maximum atomic E-state index is 14.7. The van der Waals surface area contributed by atoms with E-state index in [1.807, 2.05) is 18.2 Å². The highest BCUT2D eigenvalue weighted by atomic mass is 19.3. The fourth-order valence-electron chi connectivity index (χ4n) is 4.46. The highest BCUT2D eigenvalue weighted by molar-refractivity contribution is 5.96. The van der Waals surface area contributed by atoms with Gasteiger partial charge in [0, 0.05) is 42.0 Å². The van der Waals surface area contributed by atoms with Gasteiger partial charge in [0.1, 0.15) is 18.1 Å². The lowest BCUT2D eigenvalue weighted by molar-refractivity contribution is 0.143. The van der Waals surface area contributed by atoms with E-state index in [1.165, 1.54) is 18.3 Å². The van der Waals surface area contributed by atoms with Crippen molar-refractivity contribution in [2.75, 3.05) is 23.3 Å². The zero-order valence-corrected chi connectivity index (χ0v) is 18.9. The number of aliphatic hydroxyl groups excluding tert-OH is 1. The topological polar surface area (TPSA) is 84.2 Å². The van der Waals surface area contributed by atoms with Gasteiger partial charge in [-0.25, -0.2) is 13.2 Å². The molecule has 0 bridgehead atoms. The molecule has 178 valence electrons. The Kier molecular flexibility index (Phi) is 6.91. The molecular formula is C25H26F3N5O. The van der Waals surface area contributed by atoms with Gasteiger partial charge in [-0.3, -0.25) is 10.3 Å². The summed E-state index contributed by atoms with van der Waals surface area (Å²) in [6.45, 7) is 4.86. The SMILES string of the molecule is CC(O)N[C@@H]1CCN(c2ccc3ncc(C#N)c(N[C@H](C)c4cccc(C(F)F)c4F)c3c2)C1. The lowest BCUT2D eigenvalue weighted by Gasteiger charge is -2.22. The van der Waals surface area contributed by atoms with Gasteiger partial charge in [-0.15, -0.1) is 0 Å². The Labute approximate surface area is 196 Å². The van der Waals surface area contributed by atoms with Crippen LogP contribution in [0.15, 0.2) is 42.6 Å². The average Bonchev–Trinajstić information content (AvgIpc) is 3.26. The molecule has 6 nitrogen and oxygen atoms in total. The van der Waals surface area contributed by atoms with Gasteiger partial charge in [0.2, 0.25) is 0 Å². The first-order valence-electron chi connectivity index (χ1n) is 11.1. The number of anilines is 2. The molecule has 1 saturated heterocycles. The first kappa shape index (κ1) is 23.8. The van der Waals surface area contributed by atoms with Crippen molar-refractivity contribution in [1.29, 1.82) is 5.26 Å². The minimum Gasteiger partial charge on any atom is -0.379 e. The molecule has 3 atom stereocenters. The minimum absolute atomic E-state index is 0.0920. The summed E-state index contributed by atoms with van der Waals surface area (Å²) in [4.78, 5) is 6.55. The Hall–Kier alpha value is -3.35. The van der Waals surface area contributed by atoms with E-state index >= 15 is 0 Å². The number of nitriles is 1.